The fourth-order valence-electron chi connectivity index (χ4n) is 2.58. The van der Waals surface area contributed by atoms with Crippen LogP contribution in [0, 0.1) is 0 Å². The molecule has 8 N–H and O–H groups in total. The second-order valence-electron chi connectivity index (χ2n) is 6.97. The Bertz CT molecular complexity index is 969. The van der Waals surface area contributed by atoms with Crippen LogP contribution in [0.4, 0.5) is 5.69 Å². The Kier molecular flexibility index (Phi) is 11.9. The van der Waals surface area contributed by atoms with E-state index in [0.717, 1.165) is 17.3 Å². The molecule has 10 nitrogen and oxygen atoms in total. The minimum Gasteiger partial charge on any atom is -0.508 e. The predicted octanol–water partition coefficient (Wildman–Crippen LogP) is 2.92. The highest BCUT2D eigenvalue weighted by atomic mass is 79.9. The summed E-state index contributed by atoms with van der Waals surface area (Å²) in [5.74, 6) is -2.60. The van der Waals surface area contributed by atoms with Gasteiger partial charge in [-0.2, -0.15) is 0 Å². The molecule has 180 valence electrons. The Morgan fingerprint density at radius 2 is 1.82 bits per heavy atom. The number of unbranched alkanes of at least 4 members (excludes halogenated alkanes) is 1. The number of rotatable bonds is 10. The van der Waals surface area contributed by atoms with Crippen molar-refractivity contribution in [2.24, 2.45) is 11.5 Å². The molecule has 2 aromatic carbocycles. The summed E-state index contributed by atoms with van der Waals surface area (Å²) < 4.78 is 5.69. The van der Waals surface area contributed by atoms with Crippen molar-refractivity contribution in [2.75, 3.05) is 11.9 Å². The molecule has 11 heteroatoms. The molecule has 0 aromatic heterocycles. The first kappa shape index (κ1) is 27.9. The van der Waals surface area contributed by atoms with Crippen molar-refractivity contribution in [2.45, 2.75) is 38.8 Å². The molecule has 2 rings (SSSR count). The molecule has 1 atom stereocenters. The van der Waals surface area contributed by atoms with Crippen LogP contribution in [0.2, 0.25) is 0 Å². The molecular formula is C22H28BrN3O7. The number of carbonyl (C=O) groups excluding carboxylic acids is 1. The van der Waals surface area contributed by atoms with E-state index >= 15 is 0 Å². The van der Waals surface area contributed by atoms with E-state index in [0.29, 0.717) is 30.8 Å². The van der Waals surface area contributed by atoms with E-state index in [-0.39, 0.29) is 17.1 Å². The molecule has 0 fully saturated rings. The van der Waals surface area contributed by atoms with Gasteiger partial charge in [-0.05, 0) is 55.8 Å². The van der Waals surface area contributed by atoms with Crippen molar-refractivity contribution in [3.05, 3.63) is 52.0 Å². The average molecular weight is 526 g/mol. The molecule has 0 aliphatic carbocycles. The number of nitrogens with one attached hydrogen (secondary N) is 1. The van der Waals surface area contributed by atoms with Crippen LogP contribution in [-0.4, -0.2) is 45.8 Å². The van der Waals surface area contributed by atoms with Crippen molar-refractivity contribution < 1.29 is 34.4 Å². The molecule has 0 heterocycles. The van der Waals surface area contributed by atoms with Gasteiger partial charge < -0.3 is 36.8 Å². The zero-order valence-electron chi connectivity index (χ0n) is 18.1. The minimum absolute atomic E-state index is 0.0131. The summed E-state index contributed by atoms with van der Waals surface area (Å²) in [5, 5.41) is 30.3. The Balaban J connectivity index is 0.000000461. The molecule has 1 unspecified atom stereocenters. The number of carboxylic acids is 2. The number of halogens is 1. The summed E-state index contributed by atoms with van der Waals surface area (Å²) >= 11 is 3.32. The number of phenolic OH excluding ortho intramolecular Hbond substituents is 1. The van der Waals surface area contributed by atoms with E-state index in [4.69, 9.17) is 21.3 Å². The van der Waals surface area contributed by atoms with Gasteiger partial charge in [0.15, 0.2) is 0 Å². The smallest absolute Gasteiger partial charge is 0.339 e. The molecule has 0 bridgehead atoms. The van der Waals surface area contributed by atoms with Crippen molar-refractivity contribution in [1.82, 2.24) is 0 Å². The van der Waals surface area contributed by atoms with E-state index in [2.05, 4.69) is 21.2 Å². The number of aromatic carboxylic acids is 1. The van der Waals surface area contributed by atoms with Crippen molar-refractivity contribution in [1.29, 1.82) is 0 Å². The third-order valence-corrected chi connectivity index (χ3v) is 4.77. The van der Waals surface area contributed by atoms with Crippen LogP contribution in [-0.2, 0) is 16.1 Å². The zero-order valence-corrected chi connectivity index (χ0v) is 19.7. The van der Waals surface area contributed by atoms with Gasteiger partial charge >= 0.3 is 17.9 Å². The van der Waals surface area contributed by atoms with Gasteiger partial charge in [-0.3, -0.25) is 9.59 Å². The molecule has 0 aliphatic rings. The van der Waals surface area contributed by atoms with Crippen LogP contribution in [0.1, 0.15) is 42.1 Å². The predicted molar refractivity (Wildman–Crippen MR) is 126 cm³/mol. The number of benzene rings is 2. The molecule has 0 spiro atoms. The van der Waals surface area contributed by atoms with Crippen LogP contribution in [0.3, 0.4) is 0 Å². The number of esters is 1. The third-order valence-electron chi connectivity index (χ3n) is 4.27. The topological polar surface area (TPSA) is 185 Å². The van der Waals surface area contributed by atoms with E-state index in [1.54, 1.807) is 24.3 Å². The number of carboxylic acid groups (broad SMARTS) is 2. The highest BCUT2D eigenvalue weighted by molar-refractivity contribution is 9.10. The van der Waals surface area contributed by atoms with E-state index in [9.17, 15) is 24.6 Å². The van der Waals surface area contributed by atoms with Gasteiger partial charge in [0.05, 0.1) is 0 Å². The lowest BCUT2D eigenvalue weighted by Gasteiger charge is -2.11. The molecule has 0 saturated carbocycles. The minimum atomic E-state index is -1.20. The van der Waals surface area contributed by atoms with Crippen molar-refractivity contribution >= 4 is 39.5 Å². The lowest BCUT2D eigenvalue weighted by molar-refractivity contribution is -0.138. The Hall–Kier alpha value is -3.15. The Labute approximate surface area is 199 Å². The highest BCUT2D eigenvalue weighted by Crippen LogP contribution is 2.26. The molecule has 0 aliphatic heterocycles. The van der Waals surface area contributed by atoms with E-state index < -0.39 is 23.9 Å². The first-order valence-electron chi connectivity index (χ1n) is 10.0. The summed E-state index contributed by atoms with van der Waals surface area (Å²) in [6, 6.07) is 8.70. The lowest BCUT2D eigenvalue weighted by Crippen LogP contribution is -2.29. The fourth-order valence-corrected chi connectivity index (χ4v) is 2.98. The van der Waals surface area contributed by atoms with Gasteiger partial charge in [0.25, 0.3) is 0 Å². The van der Waals surface area contributed by atoms with Crippen molar-refractivity contribution in [3.63, 3.8) is 0 Å². The fraction of sp³-hybridized carbons (Fsp3) is 0.318. The summed E-state index contributed by atoms with van der Waals surface area (Å²) in [5.41, 5.74) is 11.5. The number of carbonyl (C=O) groups is 3. The SMILES string of the molecule is CC(=O)Oc1ccc(NCc2cc(Br)ccc2O)cc1C(=O)O.NCCCCC(N)C(=O)O. The summed E-state index contributed by atoms with van der Waals surface area (Å²) in [4.78, 5) is 32.4. The summed E-state index contributed by atoms with van der Waals surface area (Å²) in [6.07, 6.45) is 2.16. The van der Waals surface area contributed by atoms with Gasteiger partial charge in [0.1, 0.15) is 23.1 Å². The maximum Gasteiger partial charge on any atom is 0.339 e. The zero-order chi connectivity index (χ0) is 25.0. The number of phenols is 1. The maximum atomic E-state index is 11.3. The number of hydrogen-bond acceptors (Lipinski definition) is 8. The normalized spacial score (nSPS) is 11.0. The monoisotopic (exact) mass is 525 g/mol. The number of anilines is 1. The first-order valence-corrected chi connectivity index (χ1v) is 10.8. The molecule has 33 heavy (non-hydrogen) atoms. The molecule has 0 saturated heterocycles. The van der Waals surface area contributed by atoms with E-state index in [1.807, 2.05) is 0 Å². The van der Waals surface area contributed by atoms with Gasteiger partial charge in [-0.25, -0.2) is 4.79 Å². The second-order valence-corrected chi connectivity index (χ2v) is 7.88. The van der Waals surface area contributed by atoms with Crippen LogP contribution >= 0.6 is 15.9 Å². The van der Waals surface area contributed by atoms with Crippen LogP contribution in [0.25, 0.3) is 0 Å². The first-order chi connectivity index (χ1) is 15.5. The second kappa shape index (κ2) is 14.1. The largest absolute Gasteiger partial charge is 0.508 e. The quantitative estimate of drug-likeness (QED) is 0.153. The third kappa shape index (κ3) is 10.3. The molecule has 2 aromatic rings. The maximum absolute atomic E-state index is 11.3. The number of ether oxygens (including phenoxy) is 1. The van der Waals surface area contributed by atoms with Gasteiger partial charge in [0.2, 0.25) is 0 Å². The van der Waals surface area contributed by atoms with Crippen LogP contribution < -0.4 is 21.5 Å². The van der Waals surface area contributed by atoms with Crippen LogP contribution in [0.5, 0.6) is 11.5 Å². The standard InChI is InChI=1S/C16H14BrNO5.C6H14N2O2/c1-9(19)23-15-5-3-12(7-13(15)16(21)22)18-8-10-6-11(17)2-4-14(10)20;7-4-2-1-3-5(8)6(9)10/h2-7,18,20H,8H2,1H3,(H,21,22);5H,1-4,7-8H2,(H,9,10). The number of aromatic hydroxyl groups is 1. The average Bonchev–Trinajstić information content (AvgIpc) is 2.75. The summed E-state index contributed by atoms with van der Waals surface area (Å²) in [6.45, 7) is 2.11. The molecule has 0 amide bonds. The molecule has 0 radical (unpaired) electrons. The molecular weight excluding hydrogens is 498 g/mol. The van der Waals surface area contributed by atoms with Gasteiger partial charge in [-0.15, -0.1) is 0 Å². The van der Waals surface area contributed by atoms with Gasteiger partial charge in [-0.1, -0.05) is 22.4 Å². The number of nitrogens with two attached hydrogens (primary N) is 2. The number of hydrogen-bond donors (Lipinski definition) is 6. The Morgan fingerprint density at radius 1 is 1.12 bits per heavy atom. The highest BCUT2D eigenvalue weighted by Gasteiger charge is 2.14. The van der Waals surface area contributed by atoms with Crippen molar-refractivity contribution in [3.8, 4) is 11.5 Å². The van der Waals surface area contributed by atoms with Gasteiger partial charge in [0, 0.05) is 29.2 Å². The number of aliphatic carboxylic acids is 1. The summed E-state index contributed by atoms with van der Waals surface area (Å²) in [7, 11) is 0. The van der Waals surface area contributed by atoms with Crippen LogP contribution in [0.15, 0.2) is 40.9 Å². The van der Waals surface area contributed by atoms with E-state index in [1.165, 1.54) is 19.1 Å². The lowest BCUT2D eigenvalue weighted by atomic mass is 10.1. The Morgan fingerprint density at radius 3 is 2.39 bits per heavy atom.